The van der Waals surface area contributed by atoms with Crippen LogP contribution in [0.5, 0.6) is 5.75 Å². The number of hydrogen-bond donors (Lipinski definition) is 0. The van der Waals surface area contributed by atoms with E-state index in [1.54, 1.807) is 33.0 Å². The molecule has 27 heavy (non-hydrogen) atoms. The highest BCUT2D eigenvalue weighted by Crippen LogP contribution is 2.29. The number of fused-ring (bicyclic) bond motifs is 1. The Morgan fingerprint density at radius 3 is 2.56 bits per heavy atom. The summed E-state index contributed by atoms with van der Waals surface area (Å²) in [6.45, 7) is 7.23. The van der Waals surface area contributed by atoms with Gasteiger partial charge in [0.15, 0.2) is 23.0 Å². The molecule has 2 heterocycles. The quantitative estimate of drug-likeness (QED) is 0.483. The highest BCUT2D eigenvalue weighted by molar-refractivity contribution is 14.1. The van der Waals surface area contributed by atoms with Gasteiger partial charge in [-0.2, -0.15) is 0 Å². The molecule has 0 saturated carbocycles. The van der Waals surface area contributed by atoms with E-state index in [2.05, 4.69) is 32.6 Å². The summed E-state index contributed by atoms with van der Waals surface area (Å²) in [6, 6.07) is 4.50. The van der Waals surface area contributed by atoms with Gasteiger partial charge < -0.3 is 9.47 Å². The average Bonchev–Trinajstić information content (AvgIpc) is 2.90. The summed E-state index contributed by atoms with van der Waals surface area (Å²) in [5.74, 6) is -0.0439. The van der Waals surface area contributed by atoms with Crippen LogP contribution in [-0.2, 0) is 4.74 Å². The molecule has 1 aromatic carbocycles. The number of nitrogens with zero attached hydrogens (tertiary/aromatic N) is 3. The highest BCUT2D eigenvalue weighted by Gasteiger charge is 2.23. The van der Waals surface area contributed by atoms with Gasteiger partial charge in [0.25, 0.3) is 0 Å². The summed E-state index contributed by atoms with van der Waals surface area (Å²) < 4.78 is 26.7. The van der Waals surface area contributed by atoms with E-state index in [0.717, 1.165) is 8.96 Å². The molecule has 0 atom stereocenters. The fourth-order valence-electron chi connectivity index (χ4n) is 2.64. The third kappa shape index (κ3) is 3.90. The molecule has 0 saturated heterocycles. The molecule has 0 unspecified atom stereocenters. The van der Waals surface area contributed by atoms with Crippen molar-refractivity contribution in [3.05, 3.63) is 39.5 Å². The minimum Gasteiger partial charge on any atom is -0.494 e. The standard InChI is InChI=1S/C19H19FIN3O3/c1-10-15-13(21)9-24(18(25)27-19(2,3)4)17(15)23-16(22-10)11-6-7-14(26-5)12(20)8-11/h6-9H,1-5H3. The molecule has 0 aliphatic carbocycles. The van der Waals surface area contributed by atoms with Crippen molar-refractivity contribution in [3.63, 3.8) is 0 Å². The minimum absolute atomic E-state index is 0.142. The van der Waals surface area contributed by atoms with Gasteiger partial charge in [0.05, 0.1) is 18.2 Å². The van der Waals surface area contributed by atoms with Gasteiger partial charge in [0.2, 0.25) is 0 Å². The Morgan fingerprint density at radius 1 is 1.26 bits per heavy atom. The second-order valence-corrected chi connectivity index (χ2v) is 8.17. The molecule has 0 bridgehead atoms. The van der Waals surface area contributed by atoms with Crippen LogP contribution in [0.4, 0.5) is 9.18 Å². The molecule has 8 heteroatoms. The molecule has 0 radical (unpaired) electrons. The van der Waals surface area contributed by atoms with E-state index in [0.29, 0.717) is 22.7 Å². The number of ether oxygens (including phenoxy) is 2. The number of benzene rings is 1. The van der Waals surface area contributed by atoms with Gasteiger partial charge in [0.1, 0.15) is 5.60 Å². The maximum atomic E-state index is 14.1. The molecule has 2 aromatic heterocycles. The first-order chi connectivity index (χ1) is 12.6. The molecular weight excluding hydrogens is 464 g/mol. The van der Waals surface area contributed by atoms with E-state index < -0.39 is 17.5 Å². The fraction of sp³-hybridized carbons (Fsp3) is 0.316. The number of halogens is 2. The zero-order valence-electron chi connectivity index (χ0n) is 15.6. The number of carbonyl (C=O) groups is 1. The summed E-state index contributed by atoms with van der Waals surface area (Å²) in [5.41, 5.74) is 0.971. The van der Waals surface area contributed by atoms with Crippen molar-refractivity contribution in [3.8, 4) is 17.1 Å². The van der Waals surface area contributed by atoms with E-state index >= 15 is 0 Å². The molecule has 0 aliphatic rings. The monoisotopic (exact) mass is 483 g/mol. The Labute approximate surface area is 169 Å². The lowest BCUT2D eigenvalue weighted by Gasteiger charge is -2.19. The van der Waals surface area contributed by atoms with Crippen LogP contribution < -0.4 is 4.74 Å². The summed E-state index contributed by atoms with van der Waals surface area (Å²) >= 11 is 2.13. The summed E-state index contributed by atoms with van der Waals surface area (Å²) in [6.07, 6.45) is 1.14. The first-order valence-corrected chi connectivity index (χ1v) is 9.31. The van der Waals surface area contributed by atoms with E-state index in [9.17, 15) is 9.18 Å². The van der Waals surface area contributed by atoms with Crippen molar-refractivity contribution in [1.82, 2.24) is 14.5 Å². The third-order valence-corrected chi connectivity index (χ3v) is 4.60. The van der Waals surface area contributed by atoms with Gasteiger partial charge in [-0.1, -0.05) is 0 Å². The Bertz CT molecular complexity index is 1040. The largest absolute Gasteiger partial charge is 0.494 e. The van der Waals surface area contributed by atoms with Crippen molar-refractivity contribution in [2.24, 2.45) is 0 Å². The lowest BCUT2D eigenvalue weighted by molar-refractivity contribution is 0.0543. The molecule has 0 N–H and O–H groups in total. The number of hydrogen-bond acceptors (Lipinski definition) is 5. The topological polar surface area (TPSA) is 66.2 Å². The van der Waals surface area contributed by atoms with E-state index in [1.807, 2.05) is 6.92 Å². The molecule has 142 valence electrons. The maximum Gasteiger partial charge on any atom is 0.420 e. The lowest BCUT2D eigenvalue weighted by atomic mass is 10.2. The number of aryl methyl sites for hydroxylation is 1. The SMILES string of the molecule is COc1ccc(-c2nc(C)c3c(I)cn(C(=O)OC(C)(C)C)c3n2)cc1F. The number of methoxy groups -OCH3 is 1. The molecule has 3 rings (SSSR count). The van der Waals surface area contributed by atoms with Crippen molar-refractivity contribution >= 4 is 39.7 Å². The number of rotatable bonds is 2. The van der Waals surface area contributed by atoms with Crippen LogP contribution in [0.25, 0.3) is 22.4 Å². The van der Waals surface area contributed by atoms with Crippen LogP contribution in [-0.4, -0.2) is 33.3 Å². The van der Waals surface area contributed by atoms with Gasteiger partial charge in [-0.15, -0.1) is 0 Å². The molecule has 6 nitrogen and oxygen atoms in total. The van der Waals surface area contributed by atoms with Crippen molar-refractivity contribution < 1.29 is 18.7 Å². The zero-order chi connectivity index (χ0) is 19.9. The molecule has 0 amide bonds. The van der Waals surface area contributed by atoms with Crippen LogP contribution in [0.2, 0.25) is 0 Å². The second-order valence-electron chi connectivity index (χ2n) is 7.01. The smallest absolute Gasteiger partial charge is 0.420 e. The lowest BCUT2D eigenvalue weighted by Crippen LogP contribution is -2.27. The van der Waals surface area contributed by atoms with Crippen molar-refractivity contribution in [2.45, 2.75) is 33.3 Å². The Hall–Kier alpha value is -2.23. The van der Waals surface area contributed by atoms with Crippen LogP contribution in [0.3, 0.4) is 0 Å². The van der Waals surface area contributed by atoms with Crippen LogP contribution in [0, 0.1) is 16.3 Å². The normalized spacial score (nSPS) is 11.7. The highest BCUT2D eigenvalue weighted by atomic mass is 127. The molecule has 0 fully saturated rings. The van der Waals surface area contributed by atoms with E-state index in [4.69, 9.17) is 9.47 Å². The van der Waals surface area contributed by atoms with Gasteiger partial charge in [-0.05, 0) is 68.5 Å². The van der Waals surface area contributed by atoms with E-state index in [-0.39, 0.29) is 5.75 Å². The average molecular weight is 483 g/mol. The first kappa shape index (κ1) is 19.5. The van der Waals surface area contributed by atoms with Crippen molar-refractivity contribution in [2.75, 3.05) is 7.11 Å². The minimum atomic E-state index is -0.636. The Kier molecular flexibility index (Phi) is 5.11. The summed E-state index contributed by atoms with van der Waals surface area (Å²) in [5, 5.41) is 0.763. The van der Waals surface area contributed by atoms with Crippen LogP contribution in [0.15, 0.2) is 24.4 Å². The third-order valence-electron chi connectivity index (χ3n) is 3.78. The second kappa shape index (κ2) is 7.06. The first-order valence-electron chi connectivity index (χ1n) is 8.23. The fourth-order valence-corrected chi connectivity index (χ4v) is 3.55. The molecule has 3 aromatic rings. The molecule has 0 spiro atoms. The van der Waals surface area contributed by atoms with Crippen LogP contribution >= 0.6 is 22.6 Å². The zero-order valence-corrected chi connectivity index (χ0v) is 17.8. The van der Waals surface area contributed by atoms with Gasteiger partial charge >= 0.3 is 6.09 Å². The van der Waals surface area contributed by atoms with Crippen molar-refractivity contribution in [1.29, 1.82) is 0 Å². The van der Waals surface area contributed by atoms with Gasteiger partial charge in [0, 0.05) is 15.3 Å². The predicted octanol–water partition coefficient (Wildman–Crippen LogP) is 4.94. The molecular formula is C19H19FIN3O3. The number of aromatic nitrogens is 3. The Morgan fingerprint density at radius 2 is 1.96 bits per heavy atom. The predicted molar refractivity (Wildman–Crippen MR) is 109 cm³/mol. The molecule has 0 aliphatic heterocycles. The van der Waals surface area contributed by atoms with Gasteiger partial charge in [-0.3, -0.25) is 0 Å². The number of carbonyl (C=O) groups excluding carboxylic acids is 1. The Balaban J connectivity index is 2.16. The summed E-state index contributed by atoms with van der Waals surface area (Å²) in [4.78, 5) is 21.6. The van der Waals surface area contributed by atoms with Gasteiger partial charge in [-0.25, -0.2) is 23.7 Å². The van der Waals surface area contributed by atoms with Crippen LogP contribution in [0.1, 0.15) is 26.5 Å². The van der Waals surface area contributed by atoms with E-state index in [1.165, 1.54) is 23.8 Å². The maximum absolute atomic E-state index is 14.1. The summed E-state index contributed by atoms with van der Waals surface area (Å²) in [7, 11) is 1.40.